The highest BCUT2D eigenvalue weighted by atomic mass is 79.9. The molecule has 0 aliphatic heterocycles. The smallest absolute Gasteiger partial charge is 0.121 e. The van der Waals surface area contributed by atoms with E-state index in [1.165, 1.54) is 0 Å². The first-order valence-corrected chi connectivity index (χ1v) is 2.46. The predicted octanol–water partition coefficient (Wildman–Crippen LogP) is 1.87. The summed E-state index contributed by atoms with van der Waals surface area (Å²) in [6.07, 6.45) is 0. The summed E-state index contributed by atoms with van der Waals surface area (Å²) in [6.45, 7) is 0. The Morgan fingerprint density at radius 3 is 1.80 bits per heavy atom. The monoisotopic (exact) mass is 197 g/mol. The average molecular weight is 199 g/mol. The Kier molecular flexibility index (Phi) is 2.85. The molecule has 0 aliphatic rings. The second-order valence-corrected chi connectivity index (χ2v) is 3.04. The number of nitrogens with one attached hydrogen (secondary N) is 1. The third-order valence-electron chi connectivity index (χ3n) is 0.0945. The summed E-state index contributed by atoms with van der Waals surface area (Å²) in [5.74, 6) is 2.03. The van der Waals surface area contributed by atoms with Gasteiger partial charge in [-0.1, -0.05) is 0 Å². The fourth-order valence-electron chi connectivity index (χ4n) is 0. The first kappa shape index (κ1) is 5.41. The lowest BCUT2D eigenvalue weighted by molar-refractivity contribution is 1.60. The molecule has 0 radical (unpaired) electrons. The molecule has 0 unspecified atom stereocenters. The molecule has 0 spiro atoms. The lowest BCUT2D eigenvalue weighted by atomic mass is 11.2. The van der Waals surface area contributed by atoms with Crippen LogP contribution in [0.25, 0.3) is 0 Å². The van der Waals surface area contributed by atoms with Crippen molar-refractivity contribution in [3.8, 4) is 0 Å². The zero-order chi connectivity index (χ0) is 4.28. The van der Waals surface area contributed by atoms with E-state index in [2.05, 4.69) is 31.9 Å². The van der Waals surface area contributed by atoms with Gasteiger partial charge in [-0.15, -0.1) is 0 Å². The van der Waals surface area contributed by atoms with Gasteiger partial charge in [0.2, 0.25) is 0 Å². The highest BCUT2D eigenvalue weighted by Crippen LogP contribution is 2.05. The van der Waals surface area contributed by atoms with Gasteiger partial charge in [-0.3, -0.25) is 5.41 Å². The zero-order valence-corrected chi connectivity index (χ0v) is 5.43. The van der Waals surface area contributed by atoms with E-state index in [9.17, 15) is 0 Å². The molecule has 1 nitrogen and oxygen atoms in total. The van der Waals surface area contributed by atoms with E-state index in [-0.39, 0.29) is 0 Å². The summed E-state index contributed by atoms with van der Waals surface area (Å²) in [5.41, 5.74) is 0. The van der Waals surface area contributed by atoms with E-state index in [0.29, 0.717) is 3.39 Å². The normalized spacial score (nSPS) is 6.00. The van der Waals surface area contributed by atoms with Crippen molar-refractivity contribution in [3.05, 3.63) is 3.39 Å². The minimum absolute atomic E-state index is 0.546. The molecule has 0 amide bonds. The Labute approximate surface area is 46.8 Å². The van der Waals surface area contributed by atoms with Crippen LogP contribution in [0.5, 0.6) is 0 Å². The van der Waals surface area contributed by atoms with Gasteiger partial charge < -0.3 is 0 Å². The Morgan fingerprint density at radius 1 is 1.60 bits per heavy atom. The van der Waals surface area contributed by atoms with Crippen LogP contribution in [0.3, 0.4) is 0 Å². The summed E-state index contributed by atoms with van der Waals surface area (Å²) >= 11 is 5.82. The minimum atomic E-state index is 0.546. The molecule has 0 rings (SSSR count). The van der Waals surface area contributed by atoms with Crippen molar-refractivity contribution < 1.29 is 0 Å². The first-order valence-electron chi connectivity index (χ1n) is 0.878. The molecule has 0 aromatic rings. The van der Waals surface area contributed by atoms with Crippen molar-refractivity contribution in [2.24, 2.45) is 0 Å². The summed E-state index contributed by atoms with van der Waals surface area (Å²) in [7, 11) is 0. The van der Waals surface area contributed by atoms with Gasteiger partial charge in [0, 0.05) is 5.87 Å². The molecule has 0 aliphatic carbocycles. The maximum atomic E-state index is 6.28. The second kappa shape index (κ2) is 2.64. The number of hydrogen-bond acceptors (Lipinski definition) is 1. The molecule has 0 fully saturated rings. The quantitative estimate of drug-likeness (QED) is 0.575. The third-order valence-corrected chi connectivity index (χ3v) is 0.491. The van der Waals surface area contributed by atoms with Crippen LogP contribution in [0.15, 0.2) is 3.39 Å². The third kappa shape index (κ3) is 4.41. The maximum Gasteiger partial charge on any atom is 0.121 e. The Bertz CT molecular complexity index is 67.7. The molecule has 0 atom stereocenters. The molecule has 3 heteroatoms. The molecule has 0 heterocycles. The van der Waals surface area contributed by atoms with Gasteiger partial charge in [-0.25, -0.2) is 0 Å². The van der Waals surface area contributed by atoms with Gasteiger partial charge in [0.05, 0.1) is 0 Å². The molecule has 0 saturated heterocycles. The van der Waals surface area contributed by atoms with Crippen LogP contribution in [-0.4, -0.2) is 5.87 Å². The standard InChI is InChI=1S/C2HBr2N/c3-2(4)1-5/h5H. The highest BCUT2D eigenvalue weighted by Gasteiger charge is 1.66. The van der Waals surface area contributed by atoms with E-state index in [0.717, 1.165) is 0 Å². The molecule has 0 saturated carbocycles. The number of halogens is 2. The lowest BCUT2D eigenvalue weighted by Crippen LogP contribution is -1.39. The SMILES string of the molecule is N=C=C(Br)Br. The van der Waals surface area contributed by atoms with Gasteiger partial charge >= 0.3 is 0 Å². The van der Waals surface area contributed by atoms with Gasteiger partial charge in [-0.05, 0) is 31.9 Å². The van der Waals surface area contributed by atoms with Crippen molar-refractivity contribution >= 4 is 37.7 Å². The fraction of sp³-hybridized carbons (Fsp3) is 0. The van der Waals surface area contributed by atoms with Crippen LogP contribution in [0.1, 0.15) is 0 Å². The van der Waals surface area contributed by atoms with Crippen LogP contribution >= 0.6 is 31.9 Å². The Morgan fingerprint density at radius 2 is 1.80 bits per heavy atom. The van der Waals surface area contributed by atoms with E-state index >= 15 is 0 Å². The zero-order valence-electron chi connectivity index (χ0n) is 2.26. The molecular weight excluding hydrogens is 198 g/mol. The molecule has 1 N–H and O–H groups in total. The summed E-state index contributed by atoms with van der Waals surface area (Å²) in [5, 5.41) is 6.28. The topological polar surface area (TPSA) is 23.9 Å². The molecule has 0 aromatic heterocycles. The van der Waals surface area contributed by atoms with E-state index < -0.39 is 0 Å². The van der Waals surface area contributed by atoms with Gasteiger partial charge in [0.1, 0.15) is 3.39 Å². The van der Waals surface area contributed by atoms with Crippen LogP contribution < -0.4 is 0 Å². The van der Waals surface area contributed by atoms with Crippen molar-refractivity contribution in [2.75, 3.05) is 0 Å². The van der Waals surface area contributed by atoms with Crippen molar-refractivity contribution in [2.45, 2.75) is 0 Å². The van der Waals surface area contributed by atoms with Crippen LogP contribution in [0.4, 0.5) is 0 Å². The lowest BCUT2D eigenvalue weighted by Gasteiger charge is -1.58. The molecule has 0 bridgehead atoms. The number of hydrogen-bond donors (Lipinski definition) is 1. The van der Waals surface area contributed by atoms with Crippen molar-refractivity contribution in [3.63, 3.8) is 0 Å². The van der Waals surface area contributed by atoms with Gasteiger partial charge in [0.25, 0.3) is 0 Å². The minimum Gasteiger partial charge on any atom is -0.257 e. The fourth-order valence-corrected chi connectivity index (χ4v) is 0. The summed E-state index contributed by atoms with van der Waals surface area (Å²) in [6, 6.07) is 0. The van der Waals surface area contributed by atoms with Gasteiger partial charge in [0.15, 0.2) is 0 Å². The van der Waals surface area contributed by atoms with Crippen LogP contribution in [0, 0.1) is 5.41 Å². The largest absolute Gasteiger partial charge is 0.257 e. The predicted molar refractivity (Wildman–Crippen MR) is 29.1 cm³/mol. The first-order chi connectivity index (χ1) is 2.27. The Balaban J connectivity index is 3.60. The van der Waals surface area contributed by atoms with E-state index in [1.54, 1.807) is 0 Å². The van der Waals surface area contributed by atoms with Crippen LogP contribution in [-0.2, 0) is 0 Å². The molecule has 0 aromatic carbocycles. The summed E-state index contributed by atoms with van der Waals surface area (Å²) in [4.78, 5) is 0. The second-order valence-electron chi connectivity index (χ2n) is 0.385. The molecule has 28 valence electrons. The highest BCUT2D eigenvalue weighted by molar-refractivity contribution is 9.28. The van der Waals surface area contributed by atoms with E-state index in [4.69, 9.17) is 5.41 Å². The van der Waals surface area contributed by atoms with E-state index in [1.807, 2.05) is 5.87 Å². The average Bonchev–Trinajstić information content (AvgIpc) is 1.38. The Hall–Kier alpha value is 0.410. The molecular formula is C2HBr2N. The van der Waals surface area contributed by atoms with Crippen molar-refractivity contribution in [1.29, 1.82) is 5.41 Å². The molecule has 5 heavy (non-hydrogen) atoms. The van der Waals surface area contributed by atoms with Crippen LogP contribution in [0.2, 0.25) is 0 Å². The summed E-state index contributed by atoms with van der Waals surface area (Å²) < 4.78 is 0.546. The maximum absolute atomic E-state index is 6.28. The van der Waals surface area contributed by atoms with Crippen molar-refractivity contribution in [1.82, 2.24) is 0 Å². The van der Waals surface area contributed by atoms with Gasteiger partial charge in [-0.2, -0.15) is 0 Å². The number of rotatable bonds is 0.